The van der Waals surface area contributed by atoms with Gasteiger partial charge in [0.2, 0.25) is 0 Å². The van der Waals surface area contributed by atoms with Crippen LogP contribution in [0, 0.1) is 5.82 Å². The summed E-state index contributed by atoms with van der Waals surface area (Å²) >= 11 is 0. The molecule has 1 saturated heterocycles. The molecule has 0 aliphatic carbocycles. The SMILES string of the molecule is COc1ccc(-c2cc(=O)c3cc(N4C[C@@H](C)N[C@@H](C)C4)ccc3o2)cc1F. The van der Waals surface area contributed by atoms with E-state index in [9.17, 15) is 9.18 Å². The van der Waals surface area contributed by atoms with Crippen molar-refractivity contribution in [3.8, 4) is 17.1 Å². The van der Waals surface area contributed by atoms with E-state index < -0.39 is 5.82 Å². The lowest BCUT2D eigenvalue weighted by Crippen LogP contribution is -2.54. The number of piperazine rings is 1. The van der Waals surface area contributed by atoms with E-state index in [-0.39, 0.29) is 11.2 Å². The Morgan fingerprint density at radius 2 is 1.86 bits per heavy atom. The monoisotopic (exact) mass is 382 g/mol. The van der Waals surface area contributed by atoms with Gasteiger partial charge in [0.1, 0.15) is 11.3 Å². The average Bonchev–Trinajstić information content (AvgIpc) is 2.67. The molecule has 0 bridgehead atoms. The minimum absolute atomic E-state index is 0.148. The number of halogens is 1. The number of nitrogens with zero attached hydrogens (tertiary/aromatic N) is 1. The predicted octanol–water partition coefficient (Wildman–Crippen LogP) is 3.79. The molecule has 0 radical (unpaired) electrons. The van der Waals surface area contributed by atoms with E-state index in [4.69, 9.17) is 9.15 Å². The zero-order valence-electron chi connectivity index (χ0n) is 16.2. The lowest BCUT2D eigenvalue weighted by atomic mass is 10.1. The van der Waals surface area contributed by atoms with Crippen molar-refractivity contribution in [2.24, 2.45) is 0 Å². The third kappa shape index (κ3) is 3.47. The van der Waals surface area contributed by atoms with Crippen LogP contribution in [0.3, 0.4) is 0 Å². The van der Waals surface area contributed by atoms with Crippen molar-refractivity contribution < 1.29 is 13.5 Å². The lowest BCUT2D eigenvalue weighted by molar-refractivity contribution is 0.386. The molecule has 1 aromatic heterocycles. The van der Waals surface area contributed by atoms with Crippen LogP contribution >= 0.6 is 0 Å². The van der Waals surface area contributed by atoms with Crippen LogP contribution in [0.4, 0.5) is 10.1 Å². The number of ether oxygens (including phenoxy) is 1. The molecule has 2 aromatic carbocycles. The molecule has 1 aliphatic rings. The van der Waals surface area contributed by atoms with Gasteiger partial charge in [-0.25, -0.2) is 4.39 Å². The van der Waals surface area contributed by atoms with E-state index in [1.807, 2.05) is 18.2 Å². The van der Waals surface area contributed by atoms with E-state index in [2.05, 4.69) is 24.1 Å². The molecule has 0 spiro atoms. The van der Waals surface area contributed by atoms with Gasteiger partial charge in [-0.1, -0.05) is 0 Å². The van der Waals surface area contributed by atoms with E-state index in [0.29, 0.717) is 34.4 Å². The van der Waals surface area contributed by atoms with Crippen molar-refractivity contribution >= 4 is 16.7 Å². The fourth-order valence-electron chi connectivity index (χ4n) is 3.84. The molecule has 2 heterocycles. The Morgan fingerprint density at radius 1 is 1.11 bits per heavy atom. The largest absolute Gasteiger partial charge is 0.494 e. The molecule has 146 valence electrons. The summed E-state index contributed by atoms with van der Waals surface area (Å²) in [7, 11) is 1.41. The summed E-state index contributed by atoms with van der Waals surface area (Å²) in [6, 6.07) is 12.3. The molecule has 5 nitrogen and oxygen atoms in total. The number of fused-ring (bicyclic) bond motifs is 1. The third-order valence-electron chi connectivity index (χ3n) is 5.07. The topological polar surface area (TPSA) is 54.7 Å². The van der Waals surface area contributed by atoms with Crippen LogP contribution in [0.2, 0.25) is 0 Å². The summed E-state index contributed by atoms with van der Waals surface area (Å²) < 4.78 is 24.9. The minimum Gasteiger partial charge on any atom is -0.494 e. The van der Waals surface area contributed by atoms with Gasteiger partial charge in [-0.05, 0) is 50.2 Å². The van der Waals surface area contributed by atoms with Crippen molar-refractivity contribution in [1.29, 1.82) is 0 Å². The molecule has 28 heavy (non-hydrogen) atoms. The van der Waals surface area contributed by atoms with Gasteiger partial charge in [-0.2, -0.15) is 0 Å². The Hall–Kier alpha value is -2.86. The summed E-state index contributed by atoms with van der Waals surface area (Å²) in [4.78, 5) is 15.0. The van der Waals surface area contributed by atoms with Gasteiger partial charge in [0, 0.05) is 42.5 Å². The predicted molar refractivity (Wildman–Crippen MR) is 109 cm³/mol. The van der Waals surface area contributed by atoms with Crippen LogP contribution in [0.25, 0.3) is 22.3 Å². The van der Waals surface area contributed by atoms with Crippen LogP contribution in [0.1, 0.15) is 13.8 Å². The first-order chi connectivity index (χ1) is 13.4. The molecule has 3 aromatic rings. The van der Waals surface area contributed by atoms with Crippen molar-refractivity contribution in [3.63, 3.8) is 0 Å². The van der Waals surface area contributed by atoms with Crippen molar-refractivity contribution in [1.82, 2.24) is 5.32 Å². The fourth-order valence-corrected chi connectivity index (χ4v) is 3.84. The first-order valence-corrected chi connectivity index (χ1v) is 9.37. The number of hydrogen-bond donors (Lipinski definition) is 1. The number of nitrogens with one attached hydrogen (secondary N) is 1. The van der Waals surface area contributed by atoms with Crippen LogP contribution in [-0.4, -0.2) is 32.3 Å². The highest BCUT2D eigenvalue weighted by Gasteiger charge is 2.21. The van der Waals surface area contributed by atoms with Gasteiger partial charge in [0.05, 0.1) is 12.5 Å². The maximum atomic E-state index is 14.0. The van der Waals surface area contributed by atoms with Gasteiger partial charge in [-0.15, -0.1) is 0 Å². The van der Waals surface area contributed by atoms with Gasteiger partial charge in [0.15, 0.2) is 17.0 Å². The standard InChI is InChI=1S/C22H23FN2O3/c1-13-11-25(12-14(2)24-13)16-5-7-20-17(9-16)19(26)10-22(28-20)15-4-6-21(27-3)18(23)8-15/h4-10,13-14,24H,11-12H2,1-3H3/t13-,14+. The van der Waals surface area contributed by atoms with Gasteiger partial charge >= 0.3 is 0 Å². The molecular formula is C22H23FN2O3. The first kappa shape index (κ1) is 18.5. The number of methoxy groups -OCH3 is 1. The quantitative estimate of drug-likeness (QED) is 0.747. The Kier molecular flexibility index (Phi) is 4.81. The minimum atomic E-state index is -0.500. The zero-order chi connectivity index (χ0) is 19.8. The Morgan fingerprint density at radius 3 is 2.54 bits per heavy atom. The summed E-state index contributed by atoms with van der Waals surface area (Å²) in [6.45, 7) is 6.06. The van der Waals surface area contributed by atoms with E-state index in [1.54, 1.807) is 6.07 Å². The third-order valence-corrected chi connectivity index (χ3v) is 5.07. The smallest absolute Gasteiger partial charge is 0.193 e. The molecule has 1 aliphatic heterocycles. The highest BCUT2D eigenvalue weighted by atomic mass is 19.1. The van der Waals surface area contributed by atoms with E-state index >= 15 is 0 Å². The molecule has 1 N–H and O–H groups in total. The normalized spacial score (nSPS) is 19.8. The zero-order valence-corrected chi connectivity index (χ0v) is 16.2. The van der Waals surface area contributed by atoms with Crippen LogP contribution in [-0.2, 0) is 0 Å². The van der Waals surface area contributed by atoms with Crippen LogP contribution in [0.5, 0.6) is 5.75 Å². The lowest BCUT2D eigenvalue weighted by Gasteiger charge is -2.37. The van der Waals surface area contributed by atoms with Crippen LogP contribution in [0.15, 0.2) is 51.7 Å². The van der Waals surface area contributed by atoms with E-state index in [0.717, 1.165) is 18.8 Å². The molecule has 0 saturated carbocycles. The maximum absolute atomic E-state index is 14.0. The first-order valence-electron chi connectivity index (χ1n) is 9.37. The fraction of sp³-hybridized carbons (Fsp3) is 0.318. The molecule has 2 atom stereocenters. The highest BCUT2D eigenvalue weighted by molar-refractivity contribution is 5.82. The van der Waals surface area contributed by atoms with Crippen molar-refractivity contribution in [2.45, 2.75) is 25.9 Å². The number of hydrogen-bond acceptors (Lipinski definition) is 5. The average molecular weight is 382 g/mol. The second-order valence-corrected chi connectivity index (χ2v) is 7.38. The molecule has 0 unspecified atom stereocenters. The highest BCUT2D eigenvalue weighted by Crippen LogP contribution is 2.28. The molecule has 0 amide bonds. The number of benzene rings is 2. The van der Waals surface area contributed by atoms with Gasteiger partial charge < -0.3 is 19.4 Å². The Labute approximate surface area is 162 Å². The molecule has 4 rings (SSSR count). The maximum Gasteiger partial charge on any atom is 0.193 e. The Bertz CT molecular complexity index is 1070. The number of rotatable bonds is 3. The second-order valence-electron chi connectivity index (χ2n) is 7.38. The summed E-state index contributed by atoms with van der Waals surface area (Å²) in [6.07, 6.45) is 0. The van der Waals surface area contributed by atoms with Crippen LogP contribution < -0.4 is 20.4 Å². The second kappa shape index (κ2) is 7.28. The van der Waals surface area contributed by atoms with Gasteiger partial charge in [-0.3, -0.25) is 4.79 Å². The molecule has 6 heteroatoms. The Balaban J connectivity index is 1.72. The van der Waals surface area contributed by atoms with Crippen molar-refractivity contribution in [3.05, 3.63) is 58.5 Å². The summed E-state index contributed by atoms with van der Waals surface area (Å²) in [5.41, 5.74) is 1.83. The summed E-state index contributed by atoms with van der Waals surface area (Å²) in [5, 5.41) is 4.03. The number of anilines is 1. The van der Waals surface area contributed by atoms with E-state index in [1.165, 1.54) is 25.3 Å². The summed E-state index contributed by atoms with van der Waals surface area (Å²) in [5.74, 6) is -0.0210. The van der Waals surface area contributed by atoms with Gasteiger partial charge in [0.25, 0.3) is 0 Å². The molecular weight excluding hydrogens is 359 g/mol. The molecule has 1 fully saturated rings. The van der Waals surface area contributed by atoms with Crippen molar-refractivity contribution in [2.75, 3.05) is 25.1 Å².